The second-order valence-corrected chi connectivity index (χ2v) is 4.21. The molecular formula is C13H10N4O3. The molecule has 20 heavy (non-hydrogen) atoms. The van der Waals surface area contributed by atoms with Crippen LogP contribution in [0.15, 0.2) is 47.7 Å². The van der Waals surface area contributed by atoms with Crippen molar-refractivity contribution >= 4 is 11.5 Å². The summed E-state index contributed by atoms with van der Waals surface area (Å²) >= 11 is 0. The molecule has 7 heteroatoms. The number of rotatable bonds is 3. The van der Waals surface area contributed by atoms with Crippen LogP contribution in [0.25, 0.3) is 5.52 Å². The minimum absolute atomic E-state index is 0.0408. The van der Waals surface area contributed by atoms with E-state index in [1.165, 1.54) is 15.1 Å². The summed E-state index contributed by atoms with van der Waals surface area (Å²) in [7, 11) is 0. The molecule has 3 aromatic heterocycles. The van der Waals surface area contributed by atoms with E-state index in [0.717, 1.165) is 0 Å². The third-order valence-corrected chi connectivity index (χ3v) is 2.90. The van der Waals surface area contributed by atoms with Gasteiger partial charge in [0.1, 0.15) is 11.2 Å². The van der Waals surface area contributed by atoms with Gasteiger partial charge < -0.3 is 9.67 Å². The van der Waals surface area contributed by atoms with E-state index >= 15 is 0 Å². The standard InChI is InChI=1S/C13H10N4O3/c18-12-11-4-5-14-17(11)7-6-16(12)8-9-2-1-3-10(15-9)13(19)20/h1-7H,8H2,(H,19,20). The van der Waals surface area contributed by atoms with Gasteiger partial charge in [-0.1, -0.05) is 6.07 Å². The van der Waals surface area contributed by atoms with Crippen molar-refractivity contribution in [3.63, 3.8) is 0 Å². The highest BCUT2D eigenvalue weighted by atomic mass is 16.4. The maximum absolute atomic E-state index is 12.2. The Morgan fingerprint density at radius 1 is 1.25 bits per heavy atom. The summed E-state index contributed by atoms with van der Waals surface area (Å²) in [6.45, 7) is 0.210. The van der Waals surface area contributed by atoms with E-state index < -0.39 is 5.97 Å². The highest BCUT2D eigenvalue weighted by Gasteiger charge is 2.07. The molecule has 0 aromatic carbocycles. The molecule has 3 heterocycles. The number of fused-ring (bicyclic) bond motifs is 1. The molecule has 0 amide bonds. The van der Waals surface area contributed by atoms with Gasteiger partial charge >= 0.3 is 5.97 Å². The van der Waals surface area contributed by atoms with Crippen molar-refractivity contribution in [3.05, 3.63) is 64.6 Å². The van der Waals surface area contributed by atoms with Crippen LogP contribution in [0.1, 0.15) is 16.2 Å². The van der Waals surface area contributed by atoms with Gasteiger partial charge in [-0.25, -0.2) is 14.3 Å². The maximum Gasteiger partial charge on any atom is 0.354 e. The van der Waals surface area contributed by atoms with Gasteiger partial charge in [0.15, 0.2) is 0 Å². The SMILES string of the molecule is O=C(O)c1cccc(Cn2ccn3nccc3c2=O)n1. The van der Waals surface area contributed by atoms with Gasteiger partial charge in [0, 0.05) is 12.4 Å². The van der Waals surface area contributed by atoms with Crippen LogP contribution < -0.4 is 5.56 Å². The van der Waals surface area contributed by atoms with Crippen molar-refractivity contribution in [2.24, 2.45) is 0 Å². The Hall–Kier alpha value is -2.96. The van der Waals surface area contributed by atoms with E-state index in [0.29, 0.717) is 11.2 Å². The number of aromatic nitrogens is 4. The van der Waals surface area contributed by atoms with E-state index in [1.807, 2.05) is 0 Å². The maximum atomic E-state index is 12.2. The van der Waals surface area contributed by atoms with Crippen LogP contribution in [0.2, 0.25) is 0 Å². The zero-order valence-corrected chi connectivity index (χ0v) is 10.3. The Morgan fingerprint density at radius 2 is 2.10 bits per heavy atom. The van der Waals surface area contributed by atoms with Crippen LogP contribution in [-0.4, -0.2) is 30.2 Å². The molecule has 100 valence electrons. The quantitative estimate of drug-likeness (QED) is 0.754. The van der Waals surface area contributed by atoms with E-state index in [1.54, 1.807) is 36.8 Å². The lowest BCUT2D eigenvalue weighted by Gasteiger charge is -2.06. The van der Waals surface area contributed by atoms with Crippen molar-refractivity contribution in [2.75, 3.05) is 0 Å². The van der Waals surface area contributed by atoms with Crippen LogP contribution >= 0.6 is 0 Å². The molecule has 0 atom stereocenters. The molecule has 0 fully saturated rings. The monoisotopic (exact) mass is 270 g/mol. The van der Waals surface area contributed by atoms with E-state index in [4.69, 9.17) is 5.11 Å². The number of carbonyl (C=O) groups is 1. The smallest absolute Gasteiger partial charge is 0.354 e. The third-order valence-electron chi connectivity index (χ3n) is 2.90. The minimum atomic E-state index is -1.09. The second-order valence-electron chi connectivity index (χ2n) is 4.21. The molecule has 0 saturated heterocycles. The summed E-state index contributed by atoms with van der Waals surface area (Å²) in [4.78, 5) is 27.0. The summed E-state index contributed by atoms with van der Waals surface area (Å²) in [5.74, 6) is -1.09. The molecular weight excluding hydrogens is 260 g/mol. The fourth-order valence-electron chi connectivity index (χ4n) is 1.95. The molecule has 0 unspecified atom stereocenters. The average molecular weight is 270 g/mol. The van der Waals surface area contributed by atoms with Crippen LogP contribution in [0, 0.1) is 0 Å². The van der Waals surface area contributed by atoms with Crippen LogP contribution in [-0.2, 0) is 6.54 Å². The lowest BCUT2D eigenvalue weighted by Crippen LogP contribution is -2.22. The average Bonchev–Trinajstić information content (AvgIpc) is 2.91. The third kappa shape index (κ3) is 2.05. The fraction of sp³-hybridized carbons (Fsp3) is 0.0769. The highest BCUT2D eigenvalue weighted by Crippen LogP contribution is 2.02. The van der Waals surface area contributed by atoms with E-state index in [9.17, 15) is 9.59 Å². The van der Waals surface area contributed by atoms with Crippen molar-refractivity contribution in [1.82, 2.24) is 19.2 Å². The minimum Gasteiger partial charge on any atom is -0.477 e. The molecule has 0 radical (unpaired) electrons. The Bertz CT molecular complexity index is 850. The van der Waals surface area contributed by atoms with Gasteiger partial charge in [0.25, 0.3) is 5.56 Å². The highest BCUT2D eigenvalue weighted by molar-refractivity contribution is 5.85. The van der Waals surface area contributed by atoms with Crippen LogP contribution in [0.3, 0.4) is 0 Å². The molecule has 0 bridgehead atoms. The zero-order chi connectivity index (χ0) is 14.1. The van der Waals surface area contributed by atoms with Crippen molar-refractivity contribution in [1.29, 1.82) is 0 Å². The normalized spacial score (nSPS) is 10.8. The molecule has 0 aliphatic heterocycles. The Kier molecular flexibility index (Phi) is 2.79. The topological polar surface area (TPSA) is 89.5 Å². The Morgan fingerprint density at radius 3 is 2.90 bits per heavy atom. The number of aromatic carboxylic acids is 1. The molecule has 0 aliphatic rings. The van der Waals surface area contributed by atoms with Gasteiger partial charge in [-0.05, 0) is 18.2 Å². The van der Waals surface area contributed by atoms with Crippen molar-refractivity contribution in [3.8, 4) is 0 Å². The number of hydrogen-bond donors (Lipinski definition) is 1. The molecule has 3 rings (SSSR count). The van der Waals surface area contributed by atoms with Gasteiger partial charge in [0.05, 0.1) is 18.4 Å². The lowest BCUT2D eigenvalue weighted by molar-refractivity contribution is 0.0690. The molecule has 3 aromatic rings. The first-order chi connectivity index (χ1) is 9.65. The van der Waals surface area contributed by atoms with Gasteiger partial charge in [-0.15, -0.1) is 0 Å². The molecule has 7 nitrogen and oxygen atoms in total. The van der Waals surface area contributed by atoms with Gasteiger partial charge in [-0.3, -0.25) is 4.79 Å². The summed E-state index contributed by atoms with van der Waals surface area (Å²) in [5.41, 5.74) is 0.728. The van der Waals surface area contributed by atoms with Gasteiger partial charge in [0.2, 0.25) is 0 Å². The molecule has 0 aliphatic carbocycles. The summed E-state index contributed by atoms with van der Waals surface area (Å²) in [5, 5.41) is 12.9. The number of carboxylic acids is 1. The summed E-state index contributed by atoms with van der Waals surface area (Å²) in [6, 6.07) is 6.32. The molecule has 1 N–H and O–H groups in total. The zero-order valence-electron chi connectivity index (χ0n) is 10.3. The first kappa shape index (κ1) is 12.1. The van der Waals surface area contributed by atoms with Crippen LogP contribution in [0.4, 0.5) is 0 Å². The van der Waals surface area contributed by atoms with E-state index in [-0.39, 0.29) is 17.8 Å². The predicted octanol–water partition coefficient (Wildman–Crippen LogP) is 0.637. The predicted molar refractivity (Wildman–Crippen MR) is 69.8 cm³/mol. The molecule has 0 saturated carbocycles. The van der Waals surface area contributed by atoms with Crippen molar-refractivity contribution < 1.29 is 9.90 Å². The van der Waals surface area contributed by atoms with Gasteiger partial charge in [-0.2, -0.15) is 5.10 Å². The largest absolute Gasteiger partial charge is 0.477 e. The number of pyridine rings is 1. The number of nitrogens with zero attached hydrogens (tertiary/aromatic N) is 4. The number of hydrogen-bond acceptors (Lipinski definition) is 4. The second kappa shape index (κ2) is 4.61. The molecule has 0 spiro atoms. The Balaban J connectivity index is 2.01. The lowest BCUT2D eigenvalue weighted by atomic mass is 10.3. The van der Waals surface area contributed by atoms with Crippen LogP contribution in [0.5, 0.6) is 0 Å². The summed E-state index contributed by atoms with van der Waals surface area (Å²) < 4.78 is 2.95. The first-order valence-corrected chi connectivity index (χ1v) is 5.87. The number of carboxylic acid groups (broad SMARTS) is 1. The first-order valence-electron chi connectivity index (χ1n) is 5.87. The fourth-order valence-corrected chi connectivity index (χ4v) is 1.95. The van der Waals surface area contributed by atoms with Crippen molar-refractivity contribution in [2.45, 2.75) is 6.54 Å². The van der Waals surface area contributed by atoms with E-state index in [2.05, 4.69) is 10.1 Å². The Labute approximate surface area is 112 Å². The summed E-state index contributed by atoms with van der Waals surface area (Å²) in [6.07, 6.45) is 4.81.